The topological polar surface area (TPSA) is 34.1 Å². The molecule has 0 N–H and O–H groups in total. The van der Waals surface area contributed by atoms with Gasteiger partial charge in [0, 0.05) is 33.5 Å². The zero-order valence-corrected chi connectivity index (χ0v) is 29.4. The summed E-state index contributed by atoms with van der Waals surface area (Å²) in [6.07, 6.45) is 0.786. The molecular weight excluding hydrogens is 646 g/mol. The van der Waals surface area contributed by atoms with Crippen LogP contribution in [0.2, 0.25) is 0 Å². The highest BCUT2D eigenvalue weighted by Gasteiger charge is 2.30. The molecule has 0 saturated carbocycles. The molecule has 2 nitrogen and oxygen atoms in total. The molecule has 0 unspecified atom stereocenters. The molecule has 0 aromatic heterocycles. The summed E-state index contributed by atoms with van der Waals surface area (Å²) in [6, 6.07) is 65.2. The first-order valence-electron chi connectivity index (χ1n) is 17.0. The Hall–Kier alpha value is -5.26. The lowest BCUT2D eigenvalue weighted by Gasteiger charge is -2.23. The third-order valence-electron chi connectivity index (χ3n) is 9.75. The minimum Gasteiger partial charge on any atom is -0.313 e. The maximum atomic E-state index is 15.3. The monoisotopic (exact) mass is 682 g/mol. The quantitative estimate of drug-likeness (QED) is 0.142. The smallest absolute Gasteiger partial charge is 0.147 e. The fourth-order valence-electron chi connectivity index (χ4n) is 7.37. The molecule has 0 aliphatic rings. The summed E-state index contributed by atoms with van der Waals surface area (Å²) in [5.41, 5.74) is 4.25. The molecule has 0 amide bonds. The van der Waals surface area contributed by atoms with Gasteiger partial charge in [-0.15, -0.1) is 0 Å². The Morgan fingerprint density at radius 3 is 0.880 bits per heavy atom. The van der Waals surface area contributed by atoms with Crippen LogP contribution in [-0.2, 0) is 21.5 Å². The maximum absolute atomic E-state index is 15.3. The first-order valence-corrected chi connectivity index (χ1v) is 20.8. The lowest BCUT2D eigenvalue weighted by molar-refractivity contribution is 0.585. The first-order chi connectivity index (χ1) is 24.5. The largest absolute Gasteiger partial charge is 0.313 e. The molecule has 50 heavy (non-hydrogen) atoms. The summed E-state index contributed by atoms with van der Waals surface area (Å²) in [4.78, 5) is 0. The van der Waals surface area contributed by atoms with Gasteiger partial charge in [-0.25, -0.2) is 0 Å². The molecule has 8 aromatic carbocycles. The van der Waals surface area contributed by atoms with Gasteiger partial charge in [-0.3, -0.25) is 0 Å². The van der Waals surface area contributed by atoms with E-state index in [4.69, 9.17) is 0 Å². The van der Waals surface area contributed by atoms with Crippen LogP contribution < -0.4 is 21.2 Å². The molecule has 0 fully saturated rings. The zero-order chi connectivity index (χ0) is 34.0. The Bertz CT molecular complexity index is 2250. The zero-order valence-electron chi connectivity index (χ0n) is 27.6. The number of benzene rings is 8. The second-order valence-electron chi connectivity index (χ2n) is 12.8. The van der Waals surface area contributed by atoms with Crippen LogP contribution in [0.4, 0.5) is 0 Å². The normalized spacial score (nSPS) is 11.9. The molecule has 8 aromatic rings. The lowest BCUT2D eigenvalue weighted by atomic mass is 9.90. The molecule has 0 heterocycles. The van der Waals surface area contributed by atoms with Crippen molar-refractivity contribution in [1.29, 1.82) is 0 Å². The molecule has 0 aliphatic heterocycles. The van der Waals surface area contributed by atoms with Gasteiger partial charge in [0.25, 0.3) is 0 Å². The van der Waals surface area contributed by atoms with Crippen LogP contribution in [0, 0.1) is 0 Å². The average molecular weight is 683 g/mol. The Labute approximate surface area is 293 Å². The fraction of sp³-hybridized carbons (Fsp3) is 0.0435. The molecule has 0 aliphatic carbocycles. The summed E-state index contributed by atoms with van der Waals surface area (Å²) < 4.78 is 30.7. The Morgan fingerprint density at radius 1 is 0.300 bits per heavy atom. The summed E-state index contributed by atoms with van der Waals surface area (Å²) in [5, 5.41) is 7.80. The van der Waals surface area contributed by atoms with E-state index < -0.39 is 14.3 Å². The Morgan fingerprint density at radius 2 is 0.580 bits per heavy atom. The standard InChI is InChI=1S/C46H36O2P2/c47-49(39-23-5-1-6-24-39,40-25-7-2-8-26-40)33-37-21-13-17-35-19-15-31-43(45(35)37)44-32-16-20-36-18-14-22-38(46(36)44)34-50(48,41-27-9-3-10-28-41)42-29-11-4-12-30-42/h1-32H,33-34H2. The fourth-order valence-corrected chi connectivity index (χ4v) is 12.8. The third kappa shape index (κ3) is 5.86. The van der Waals surface area contributed by atoms with Crippen LogP contribution in [-0.4, -0.2) is 0 Å². The second-order valence-corrected chi connectivity index (χ2v) is 18.4. The van der Waals surface area contributed by atoms with Crippen LogP contribution in [0.1, 0.15) is 11.1 Å². The highest BCUT2D eigenvalue weighted by Crippen LogP contribution is 2.51. The summed E-state index contributed by atoms with van der Waals surface area (Å²) in [6.45, 7) is 0. The minimum atomic E-state index is -3.05. The van der Waals surface area contributed by atoms with Crippen molar-refractivity contribution in [3.05, 3.63) is 205 Å². The Balaban J connectivity index is 1.33. The predicted octanol–water partition coefficient (Wildman–Crippen LogP) is 10.7. The molecule has 8 rings (SSSR count). The summed E-state index contributed by atoms with van der Waals surface area (Å²) in [5.74, 6) is 0. The van der Waals surface area contributed by atoms with Crippen LogP contribution in [0.15, 0.2) is 194 Å². The van der Waals surface area contributed by atoms with Gasteiger partial charge in [-0.2, -0.15) is 0 Å². The van der Waals surface area contributed by atoms with Crippen molar-refractivity contribution in [1.82, 2.24) is 0 Å². The van der Waals surface area contributed by atoms with Gasteiger partial charge in [0.15, 0.2) is 0 Å². The molecule has 0 saturated heterocycles. The number of fused-ring (bicyclic) bond motifs is 2. The Kier molecular flexibility index (Phi) is 8.68. The molecule has 0 radical (unpaired) electrons. The van der Waals surface area contributed by atoms with E-state index in [0.717, 1.165) is 65.0 Å². The third-order valence-corrected chi connectivity index (χ3v) is 15.9. The number of hydrogen-bond acceptors (Lipinski definition) is 2. The molecule has 4 heteroatoms. The number of hydrogen-bond donors (Lipinski definition) is 0. The van der Waals surface area contributed by atoms with E-state index in [-0.39, 0.29) is 0 Å². The van der Waals surface area contributed by atoms with Gasteiger partial charge in [0.05, 0.1) is 0 Å². The van der Waals surface area contributed by atoms with E-state index in [0.29, 0.717) is 12.3 Å². The van der Waals surface area contributed by atoms with Crippen molar-refractivity contribution in [2.24, 2.45) is 0 Å². The van der Waals surface area contributed by atoms with E-state index in [1.807, 2.05) is 121 Å². The van der Waals surface area contributed by atoms with Crippen LogP contribution in [0.5, 0.6) is 0 Å². The molecule has 0 atom stereocenters. The number of rotatable bonds is 9. The van der Waals surface area contributed by atoms with Crippen molar-refractivity contribution in [3.63, 3.8) is 0 Å². The maximum Gasteiger partial charge on any atom is 0.147 e. The highest BCUT2D eigenvalue weighted by molar-refractivity contribution is 7.78. The van der Waals surface area contributed by atoms with E-state index in [1.165, 1.54) is 0 Å². The van der Waals surface area contributed by atoms with Crippen molar-refractivity contribution in [2.45, 2.75) is 12.3 Å². The van der Waals surface area contributed by atoms with Crippen LogP contribution in [0.3, 0.4) is 0 Å². The van der Waals surface area contributed by atoms with E-state index in [2.05, 4.69) is 72.8 Å². The van der Waals surface area contributed by atoms with Crippen molar-refractivity contribution >= 4 is 57.0 Å². The minimum absolute atomic E-state index is 0.393. The van der Waals surface area contributed by atoms with Gasteiger partial charge < -0.3 is 9.13 Å². The molecular formula is C46H36O2P2. The van der Waals surface area contributed by atoms with Crippen molar-refractivity contribution < 1.29 is 9.13 Å². The lowest BCUT2D eigenvalue weighted by Crippen LogP contribution is -2.17. The van der Waals surface area contributed by atoms with Crippen molar-refractivity contribution in [3.8, 4) is 11.1 Å². The highest BCUT2D eigenvalue weighted by atomic mass is 31.2. The van der Waals surface area contributed by atoms with Crippen LogP contribution >= 0.6 is 14.3 Å². The van der Waals surface area contributed by atoms with Gasteiger partial charge in [-0.05, 0) is 43.8 Å². The second kappa shape index (κ2) is 13.6. The SMILES string of the molecule is O=P(Cc1cccc2cccc(-c3cccc4cccc(CP(=O)(c5ccccc5)c5ccccc5)c34)c12)(c1ccccc1)c1ccccc1. The van der Waals surface area contributed by atoms with Gasteiger partial charge >= 0.3 is 0 Å². The first kappa shape index (κ1) is 32.0. The van der Waals surface area contributed by atoms with E-state index in [1.54, 1.807) is 0 Å². The van der Waals surface area contributed by atoms with E-state index >= 15 is 9.13 Å². The summed E-state index contributed by atoms with van der Waals surface area (Å²) >= 11 is 0. The van der Waals surface area contributed by atoms with Crippen LogP contribution in [0.25, 0.3) is 32.7 Å². The summed E-state index contributed by atoms with van der Waals surface area (Å²) in [7, 11) is -6.10. The van der Waals surface area contributed by atoms with Crippen molar-refractivity contribution in [2.75, 3.05) is 0 Å². The van der Waals surface area contributed by atoms with E-state index in [9.17, 15) is 0 Å². The van der Waals surface area contributed by atoms with Gasteiger partial charge in [0.1, 0.15) is 14.3 Å². The molecule has 242 valence electrons. The molecule has 0 spiro atoms. The van der Waals surface area contributed by atoms with Gasteiger partial charge in [-0.1, -0.05) is 194 Å². The van der Waals surface area contributed by atoms with Gasteiger partial charge in [0.2, 0.25) is 0 Å². The average Bonchev–Trinajstić information content (AvgIpc) is 3.19. The predicted molar refractivity (Wildman–Crippen MR) is 214 cm³/mol. The molecule has 0 bridgehead atoms.